The van der Waals surface area contributed by atoms with Gasteiger partial charge in [0.15, 0.2) is 0 Å². The van der Waals surface area contributed by atoms with Crippen molar-refractivity contribution in [2.45, 2.75) is 25.0 Å². The molecule has 3 heterocycles. The van der Waals surface area contributed by atoms with Crippen LogP contribution in [0.1, 0.15) is 24.4 Å². The third kappa shape index (κ3) is 4.63. The number of carboxylic acid groups (broad SMARTS) is 1. The molecule has 0 spiro atoms. The lowest BCUT2D eigenvalue weighted by atomic mass is 10.0. The summed E-state index contributed by atoms with van der Waals surface area (Å²) >= 11 is 0. The smallest absolute Gasteiger partial charge is 0.325 e. The van der Waals surface area contributed by atoms with Crippen LogP contribution >= 0.6 is 0 Å². The van der Waals surface area contributed by atoms with Crippen molar-refractivity contribution in [3.63, 3.8) is 0 Å². The van der Waals surface area contributed by atoms with E-state index in [2.05, 4.69) is 10.3 Å². The largest absolute Gasteiger partial charge is 0.480 e. The van der Waals surface area contributed by atoms with Crippen LogP contribution in [0.3, 0.4) is 0 Å². The van der Waals surface area contributed by atoms with E-state index in [-0.39, 0.29) is 17.8 Å². The first-order valence-corrected chi connectivity index (χ1v) is 10.4. The Hall–Kier alpha value is -2.49. The zero-order valence-corrected chi connectivity index (χ0v) is 16.8. The summed E-state index contributed by atoms with van der Waals surface area (Å²) in [5.41, 5.74) is 1.21. The Morgan fingerprint density at radius 3 is 2.80 bits per heavy atom. The standard InChI is InChI=1S/C21H27FN4O4/c22-14-3-4-16-17(12-23-18(16)10-14)20(21(28)29)26-7-5-25(6-8-26)13-19(27)24-11-15-2-1-9-30-15/h3-4,10,12,15,20,23H,1-2,5-9,11,13H2,(H,24,27)(H,28,29)/t15-,20+/m0/s1. The Bertz CT molecular complexity index is 904. The van der Waals surface area contributed by atoms with Crippen molar-refractivity contribution in [1.82, 2.24) is 20.1 Å². The molecule has 1 amide bonds. The summed E-state index contributed by atoms with van der Waals surface area (Å²) in [6.07, 6.45) is 3.79. The van der Waals surface area contributed by atoms with Crippen molar-refractivity contribution in [1.29, 1.82) is 0 Å². The van der Waals surface area contributed by atoms with E-state index >= 15 is 0 Å². The van der Waals surface area contributed by atoms with Crippen LogP contribution in [0.15, 0.2) is 24.4 Å². The van der Waals surface area contributed by atoms with Gasteiger partial charge in [0.2, 0.25) is 5.91 Å². The number of nitrogens with one attached hydrogen (secondary N) is 2. The van der Waals surface area contributed by atoms with E-state index in [1.165, 1.54) is 12.1 Å². The fourth-order valence-electron chi connectivity index (χ4n) is 4.30. The van der Waals surface area contributed by atoms with Crippen molar-refractivity contribution in [3.8, 4) is 0 Å². The molecule has 0 saturated carbocycles. The van der Waals surface area contributed by atoms with Crippen molar-refractivity contribution < 1.29 is 23.8 Å². The van der Waals surface area contributed by atoms with Gasteiger partial charge in [-0.1, -0.05) is 0 Å². The Morgan fingerprint density at radius 2 is 2.10 bits per heavy atom. The molecule has 0 radical (unpaired) electrons. The molecule has 2 aromatic rings. The maximum absolute atomic E-state index is 13.5. The normalized spacial score (nSPS) is 21.7. The Labute approximate surface area is 174 Å². The second-order valence-electron chi connectivity index (χ2n) is 7.93. The van der Waals surface area contributed by atoms with Gasteiger partial charge in [0.05, 0.1) is 12.6 Å². The number of amides is 1. The van der Waals surface area contributed by atoms with Gasteiger partial charge in [-0.2, -0.15) is 0 Å². The third-order valence-electron chi connectivity index (χ3n) is 5.89. The zero-order valence-electron chi connectivity index (χ0n) is 16.8. The Morgan fingerprint density at radius 1 is 1.30 bits per heavy atom. The monoisotopic (exact) mass is 418 g/mol. The molecule has 2 aliphatic rings. The van der Waals surface area contributed by atoms with Crippen LogP contribution in [0.2, 0.25) is 0 Å². The number of aromatic nitrogens is 1. The summed E-state index contributed by atoms with van der Waals surface area (Å²) in [5.74, 6) is -1.34. The summed E-state index contributed by atoms with van der Waals surface area (Å²) in [7, 11) is 0. The number of nitrogens with zero attached hydrogens (tertiary/aromatic N) is 2. The number of hydrogen-bond donors (Lipinski definition) is 3. The lowest BCUT2D eigenvalue weighted by Gasteiger charge is -2.37. The summed E-state index contributed by atoms with van der Waals surface area (Å²) in [5, 5.41) is 13.5. The van der Waals surface area contributed by atoms with Crippen LogP contribution in [0.25, 0.3) is 10.9 Å². The molecular formula is C21H27FN4O4. The van der Waals surface area contributed by atoms with Crippen molar-refractivity contribution >= 4 is 22.8 Å². The molecule has 4 rings (SSSR count). The first-order valence-electron chi connectivity index (χ1n) is 10.4. The van der Waals surface area contributed by atoms with Crippen LogP contribution in [0.5, 0.6) is 0 Å². The van der Waals surface area contributed by atoms with Crippen LogP contribution in [0, 0.1) is 5.82 Å². The number of ether oxygens (including phenoxy) is 1. The van der Waals surface area contributed by atoms with Gasteiger partial charge in [-0.3, -0.25) is 19.4 Å². The molecule has 1 aromatic carbocycles. The number of rotatable bonds is 7. The number of hydrogen-bond acceptors (Lipinski definition) is 5. The highest BCUT2D eigenvalue weighted by atomic mass is 19.1. The quantitative estimate of drug-likeness (QED) is 0.628. The van der Waals surface area contributed by atoms with Gasteiger partial charge >= 0.3 is 5.97 Å². The van der Waals surface area contributed by atoms with E-state index in [9.17, 15) is 19.1 Å². The molecule has 3 N–H and O–H groups in total. The summed E-state index contributed by atoms with van der Waals surface area (Å²) in [6, 6.07) is 3.50. The number of carbonyl (C=O) groups excluding carboxylic acids is 1. The van der Waals surface area contributed by atoms with Crippen LogP contribution in [-0.4, -0.2) is 83.7 Å². The van der Waals surface area contributed by atoms with E-state index in [0.717, 1.165) is 19.4 Å². The minimum absolute atomic E-state index is 0.0348. The van der Waals surface area contributed by atoms with E-state index in [4.69, 9.17) is 4.74 Å². The second-order valence-corrected chi connectivity index (χ2v) is 7.93. The molecule has 162 valence electrons. The van der Waals surface area contributed by atoms with Gasteiger partial charge < -0.3 is 20.1 Å². The fourth-order valence-corrected chi connectivity index (χ4v) is 4.30. The highest BCUT2D eigenvalue weighted by molar-refractivity contribution is 5.89. The Balaban J connectivity index is 1.34. The highest BCUT2D eigenvalue weighted by Gasteiger charge is 2.32. The molecule has 2 fully saturated rings. The lowest BCUT2D eigenvalue weighted by molar-refractivity contribution is -0.144. The topological polar surface area (TPSA) is 97.9 Å². The van der Waals surface area contributed by atoms with E-state index in [0.29, 0.717) is 55.7 Å². The van der Waals surface area contributed by atoms with E-state index < -0.39 is 12.0 Å². The van der Waals surface area contributed by atoms with E-state index in [1.54, 1.807) is 12.3 Å². The molecule has 2 atom stereocenters. The molecule has 1 aromatic heterocycles. The van der Waals surface area contributed by atoms with Crippen LogP contribution in [-0.2, 0) is 14.3 Å². The fraction of sp³-hybridized carbons (Fsp3) is 0.524. The van der Waals surface area contributed by atoms with E-state index in [1.807, 2.05) is 9.80 Å². The van der Waals surface area contributed by atoms with Crippen LogP contribution < -0.4 is 5.32 Å². The number of aliphatic carboxylic acids is 1. The van der Waals surface area contributed by atoms with Gasteiger partial charge in [-0.15, -0.1) is 0 Å². The van der Waals surface area contributed by atoms with Gasteiger partial charge in [0.1, 0.15) is 11.9 Å². The van der Waals surface area contributed by atoms with Crippen molar-refractivity contribution in [2.75, 3.05) is 45.9 Å². The number of fused-ring (bicyclic) bond motifs is 1. The Kier molecular flexibility index (Phi) is 6.31. The molecule has 0 unspecified atom stereocenters. The predicted molar refractivity (Wildman–Crippen MR) is 109 cm³/mol. The second kappa shape index (κ2) is 9.11. The zero-order chi connectivity index (χ0) is 21.1. The average Bonchev–Trinajstić information content (AvgIpc) is 3.38. The first kappa shape index (κ1) is 20.8. The lowest BCUT2D eigenvalue weighted by Crippen LogP contribution is -2.51. The highest BCUT2D eigenvalue weighted by Crippen LogP contribution is 2.30. The number of benzene rings is 1. The SMILES string of the molecule is O=C(CN1CCN([C@@H](C(=O)O)c2c[nH]c3cc(F)ccc23)CC1)NC[C@@H]1CCCO1. The molecule has 0 aliphatic carbocycles. The molecule has 8 nitrogen and oxygen atoms in total. The molecule has 2 saturated heterocycles. The molecular weight excluding hydrogens is 391 g/mol. The number of piperazine rings is 1. The maximum Gasteiger partial charge on any atom is 0.325 e. The minimum atomic E-state index is -0.942. The summed E-state index contributed by atoms with van der Waals surface area (Å²) in [4.78, 5) is 31.2. The summed E-state index contributed by atoms with van der Waals surface area (Å²) in [6.45, 7) is 3.88. The minimum Gasteiger partial charge on any atom is -0.480 e. The molecule has 0 bridgehead atoms. The van der Waals surface area contributed by atoms with Crippen molar-refractivity contribution in [2.24, 2.45) is 0 Å². The number of aromatic amines is 1. The number of carboxylic acids is 1. The summed E-state index contributed by atoms with van der Waals surface area (Å²) < 4.78 is 19.0. The third-order valence-corrected chi connectivity index (χ3v) is 5.89. The van der Waals surface area contributed by atoms with Gasteiger partial charge in [-0.25, -0.2) is 4.39 Å². The van der Waals surface area contributed by atoms with Gasteiger partial charge in [-0.05, 0) is 31.0 Å². The molecule has 2 aliphatic heterocycles. The average molecular weight is 418 g/mol. The maximum atomic E-state index is 13.5. The van der Waals surface area contributed by atoms with Gasteiger partial charge in [0.25, 0.3) is 0 Å². The molecule has 30 heavy (non-hydrogen) atoms. The molecule has 9 heteroatoms. The number of halogens is 1. The first-order chi connectivity index (χ1) is 14.5. The number of H-pyrrole nitrogens is 1. The number of carbonyl (C=O) groups is 2. The van der Waals surface area contributed by atoms with Crippen molar-refractivity contribution in [3.05, 3.63) is 35.8 Å². The predicted octanol–water partition coefficient (Wildman–Crippen LogP) is 1.35. The van der Waals surface area contributed by atoms with Gasteiger partial charge in [0, 0.05) is 62.0 Å². The van der Waals surface area contributed by atoms with Crippen LogP contribution in [0.4, 0.5) is 4.39 Å².